The number of rotatable bonds is 20. The number of aromatic hydroxyl groups is 1. The summed E-state index contributed by atoms with van der Waals surface area (Å²) in [5.74, 6) is 0.343. The van der Waals surface area contributed by atoms with Crippen LogP contribution in [0, 0.1) is 0 Å². The predicted molar refractivity (Wildman–Crippen MR) is 133 cm³/mol. The normalized spacial score (nSPS) is 11.0. The van der Waals surface area contributed by atoms with Crippen LogP contribution in [0.5, 0.6) is 5.75 Å². The Kier molecular flexibility index (Phi) is 16.8. The number of nitrogens with two attached hydrogens (primary N) is 1. The SMILES string of the molecule is CCCCCCCCCCN(CCCCCCCCCCc1ccc(O)cc1)C(N)=O. The first-order valence-corrected chi connectivity index (χ1v) is 13.0. The molecule has 0 aromatic heterocycles. The van der Waals surface area contributed by atoms with Crippen LogP contribution in [-0.4, -0.2) is 29.1 Å². The van der Waals surface area contributed by atoms with Crippen LogP contribution < -0.4 is 5.73 Å². The second kappa shape index (κ2) is 19.0. The van der Waals surface area contributed by atoms with Crippen molar-refractivity contribution in [3.8, 4) is 5.75 Å². The predicted octanol–water partition coefficient (Wildman–Crippen LogP) is 7.58. The fourth-order valence-corrected chi connectivity index (χ4v) is 4.12. The molecule has 0 heterocycles. The lowest BCUT2D eigenvalue weighted by Gasteiger charge is -2.20. The average molecular weight is 433 g/mol. The first-order chi connectivity index (χ1) is 15.1. The number of carbonyl (C=O) groups is 1. The number of benzene rings is 1. The van der Waals surface area contributed by atoms with E-state index in [0.717, 1.165) is 32.4 Å². The Morgan fingerprint density at radius 1 is 0.710 bits per heavy atom. The number of urea groups is 1. The zero-order valence-corrected chi connectivity index (χ0v) is 20.1. The van der Waals surface area contributed by atoms with Gasteiger partial charge in [0.2, 0.25) is 0 Å². The van der Waals surface area contributed by atoms with Gasteiger partial charge < -0.3 is 15.7 Å². The van der Waals surface area contributed by atoms with Crippen molar-refractivity contribution in [3.05, 3.63) is 29.8 Å². The van der Waals surface area contributed by atoms with Crippen molar-refractivity contribution >= 4 is 6.03 Å². The van der Waals surface area contributed by atoms with Crippen LogP contribution in [-0.2, 0) is 6.42 Å². The highest BCUT2D eigenvalue weighted by Crippen LogP contribution is 2.14. The lowest BCUT2D eigenvalue weighted by Crippen LogP contribution is -2.37. The molecule has 2 amide bonds. The molecule has 1 aromatic carbocycles. The minimum atomic E-state index is -0.253. The van der Waals surface area contributed by atoms with Gasteiger partial charge in [0.05, 0.1) is 0 Å². The topological polar surface area (TPSA) is 66.6 Å². The van der Waals surface area contributed by atoms with Gasteiger partial charge in [0.25, 0.3) is 0 Å². The molecule has 1 rings (SSSR count). The molecular weight excluding hydrogens is 384 g/mol. The molecule has 0 atom stereocenters. The number of hydrogen-bond donors (Lipinski definition) is 2. The molecule has 0 aliphatic heterocycles. The Bertz CT molecular complexity index is 545. The van der Waals surface area contributed by atoms with Crippen LogP contribution in [0.25, 0.3) is 0 Å². The molecule has 178 valence electrons. The summed E-state index contributed by atoms with van der Waals surface area (Å²) < 4.78 is 0. The largest absolute Gasteiger partial charge is 0.508 e. The number of phenols is 1. The molecule has 0 saturated heterocycles. The van der Waals surface area contributed by atoms with Crippen molar-refractivity contribution in [1.82, 2.24) is 4.90 Å². The van der Waals surface area contributed by atoms with E-state index < -0.39 is 0 Å². The molecule has 4 nitrogen and oxygen atoms in total. The van der Waals surface area contributed by atoms with Crippen LogP contribution in [0.1, 0.15) is 115 Å². The Labute approximate surface area is 191 Å². The van der Waals surface area contributed by atoms with Crippen molar-refractivity contribution in [2.24, 2.45) is 5.73 Å². The minimum Gasteiger partial charge on any atom is -0.508 e. The lowest BCUT2D eigenvalue weighted by atomic mass is 10.0. The molecule has 0 spiro atoms. The van der Waals surface area contributed by atoms with Crippen molar-refractivity contribution < 1.29 is 9.90 Å². The van der Waals surface area contributed by atoms with E-state index >= 15 is 0 Å². The van der Waals surface area contributed by atoms with Crippen molar-refractivity contribution in [1.29, 1.82) is 0 Å². The van der Waals surface area contributed by atoms with E-state index in [9.17, 15) is 9.90 Å². The number of carbonyl (C=O) groups excluding carboxylic acids is 1. The summed E-state index contributed by atoms with van der Waals surface area (Å²) in [6.07, 6.45) is 21.3. The highest BCUT2D eigenvalue weighted by molar-refractivity contribution is 5.71. The van der Waals surface area contributed by atoms with Crippen molar-refractivity contribution in [2.75, 3.05) is 13.1 Å². The zero-order chi connectivity index (χ0) is 22.6. The van der Waals surface area contributed by atoms with E-state index in [1.165, 1.54) is 95.5 Å². The third-order valence-electron chi connectivity index (χ3n) is 6.17. The maximum absolute atomic E-state index is 11.7. The smallest absolute Gasteiger partial charge is 0.314 e. The Balaban J connectivity index is 1.92. The van der Waals surface area contributed by atoms with E-state index in [-0.39, 0.29) is 6.03 Å². The fraction of sp³-hybridized carbons (Fsp3) is 0.741. The quantitative estimate of drug-likeness (QED) is 0.209. The summed E-state index contributed by atoms with van der Waals surface area (Å²) in [4.78, 5) is 13.5. The summed E-state index contributed by atoms with van der Waals surface area (Å²) in [7, 11) is 0. The fourth-order valence-electron chi connectivity index (χ4n) is 4.12. The van der Waals surface area contributed by atoms with Crippen LogP contribution in [0.3, 0.4) is 0 Å². The van der Waals surface area contributed by atoms with Crippen LogP contribution in [0.2, 0.25) is 0 Å². The van der Waals surface area contributed by atoms with Gasteiger partial charge in [-0.25, -0.2) is 4.79 Å². The molecule has 0 radical (unpaired) electrons. The van der Waals surface area contributed by atoms with Crippen LogP contribution in [0.4, 0.5) is 4.79 Å². The van der Waals surface area contributed by atoms with Crippen LogP contribution in [0.15, 0.2) is 24.3 Å². The average Bonchev–Trinajstić information content (AvgIpc) is 2.76. The maximum Gasteiger partial charge on any atom is 0.314 e. The number of amides is 2. The van der Waals surface area contributed by atoms with E-state index in [4.69, 9.17) is 5.73 Å². The summed E-state index contributed by atoms with van der Waals surface area (Å²) in [6, 6.07) is 7.31. The molecule has 0 fully saturated rings. The molecule has 0 aliphatic rings. The van der Waals surface area contributed by atoms with Crippen LogP contribution >= 0.6 is 0 Å². The highest BCUT2D eigenvalue weighted by Gasteiger charge is 2.08. The highest BCUT2D eigenvalue weighted by atomic mass is 16.3. The van der Waals surface area contributed by atoms with Gasteiger partial charge in [-0.1, -0.05) is 103 Å². The van der Waals surface area contributed by atoms with Crippen molar-refractivity contribution in [2.45, 2.75) is 116 Å². The second-order valence-electron chi connectivity index (χ2n) is 9.05. The molecular formula is C27H48N2O2. The van der Waals surface area contributed by atoms with Gasteiger partial charge in [-0.3, -0.25) is 0 Å². The summed E-state index contributed by atoms with van der Waals surface area (Å²) in [6.45, 7) is 3.89. The van der Waals surface area contributed by atoms with Gasteiger partial charge >= 0.3 is 6.03 Å². The summed E-state index contributed by atoms with van der Waals surface area (Å²) in [5.41, 5.74) is 6.87. The van der Waals surface area contributed by atoms with Gasteiger partial charge in [-0.2, -0.15) is 0 Å². The molecule has 31 heavy (non-hydrogen) atoms. The number of phenolic OH excluding ortho intramolecular Hbond substituents is 1. The Morgan fingerprint density at radius 3 is 1.58 bits per heavy atom. The first kappa shape index (κ1) is 27.3. The molecule has 3 N–H and O–H groups in total. The molecule has 4 heteroatoms. The second-order valence-corrected chi connectivity index (χ2v) is 9.05. The Morgan fingerprint density at radius 2 is 1.13 bits per heavy atom. The number of hydrogen-bond acceptors (Lipinski definition) is 2. The minimum absolute atomic E-state index is 0.253. The molecule has 0 saturated carbocycles. The zero-order valence-electron chi connectivity index (χ0n) is 20.1. The van der Waals surface area contributed by atoms with Gasteiger partial charge in [-0.05, 0) is 43.4 Å². The van der Waals surface area contributed by atoms with E-state index in [2.05, 4.69) is 6.92 Å². The molecule has 1 aromatic rings. The number of unbranched alkanes of at least 4 members (excludes halogenated alkanes) is 14. The number of primary amides is 1. The third-order valence-corrected chi connectivity index (χ3v) is 6.17. The van der Waals surface area contributed by atoms with Gasteiger partial charge in [0.15, 0.2) is 0 Å². The van der Waals surface area contributed by atoms with Gasteiger partial charge in [-0.15, -0.1) is 0 Å². The van der Waals surface area contributed by atoms with E-state index in [1.807, 2.05) is 17.0 Å². The lowest BCUT2D eigenvalue weighted by molar-refractivity contribution is 0.204. The monoisotopic (exact) mass is 432 g/mol. The number of aryl methyl sites for hydroxylation is 1. The van der Waals surface area contributed by atoms with Gasteiger partial charge in [0, 0.05) is 13.1 Å². The summed E-state index contributed by atoms with van der Waals surface area (Å²) >= 11 is 0. The van der Waals surface area contributed by atoms with E-state index in [0.29, 0.717) is 5.75 Å². The Hall–Kier alpha value is -1.71. The van der Waals surface area contributed by atoms with E-state index in [1.54, 1.807) is 12.1 Å². The standard InChI is InChI=1S/C27H48N2O2/c1-2-3-4-5-6-10-13-16-23-29(27(28)31)24-17-14-11-8-7-9-12-15-18-25-19-21-26(30)22-20-25/h19-22,30H,2-18,23-24H2,1H3,(H2,28,31). The number of nitrogens with zero attached hydrogens (tertiary/aromatic N) is 1. The molecule has 0 bridgehead atoms. The molecule has 0 unspecified atom stereocenters. The third kappa shape index (κ3) is 15.7. The first-order valence-electron chi connectivity index (χ1n) is 13.0. The van der Waals surface area contributed by atoms with Crippen molar-refractivity contribution in [3.63, 3.8) is 0 Å². The maximum atomic E-state index is 11.7. The molecule has 0 aliphatic carbocycles. The summed E-state index contributed by atoms with van der Waals surface area (Å²) in [5, 5.41) is 9.31. The van der Waals surface area contributed by atoms with Gasteiger partial charge in [0.1, 0.15) is 5.75 Å².